The lowest BCUT2D eigenvalue weighted by Crippen LogP contribution is -2.16. The molecule has 1 heterocycles. The fourth-order valence-corrected chi connectivity index (χ4v) is 4.36. The minimum atomic E-state index is -0.0501. The van der Waals surface area contributed by atoms with Gasteiger partial charge in [0.25, 0.3) is 0 Å². The fraction of sp³-hybridized carbons (Fsp3) is 0.250. The summed E-state index contributed by atoms with van der Waals surface area (Å²) >= 11 is 3.10. The highest BCUT2D eigenvalue weighted by Gasteiger charge is 2.19. The van der Waals surface area contributed by atoms with E-state index in [1.165, 1.54) is 11.3 Å². The van der Waals surface area contributed by atoms with Crippen LogP contribution in [0, 0.1) is 0 Å². The molecule has 3 aromatic rings. The van der Waals surface area contributed by atoms with E-state index in [2.05, 4.69) is 46.7 Å². The fourth-order valence-electron chi connectivity index (χ4n) is 2.66. The first-order valence-corrected chi connectivity index (χ1v) is 10.4. The number of nitrogens with zero attached hydrogens (tertiary/aromatic N) is 2. The zero-order chi connectivity index (χ0) is 18.2. The number of aromatic nitrogens is 2. The molecule has 0 atom stereocenters. The summed E-state index contributed by atoms with van der Waals surface area (Å²) < 4.78 is 0.893. The van der Waals surface area contributed by atoms with E-state index < -0.39 is 0 Å². The first kappa shape index (κ1) is 18.6. The second kappa shape index (κ2) is 9.50. The Morgan fingerprint density at radius 2 is 1.65 bits per heavy atom. The van der Waals surface area contributed by atoms with E-state index in [1.54, 1.807) is 11.8 Å². The molecule has 0 unspecified atom stereocenters. The predicted octanol–water partition coefficient (Wildman–Crippen LogP) is 5.20. The topological polar surface area (TPSA) is 54.9 Å². The van der Waals surface area contributed by atoms with E-state index in [-0.39, 0.29) is 11.8 Å². The van der Waals surface area contributed by atoms with Crippen molar-refractivity contribution in [3.8, 4) is 0 Å². The number of anilines is 1. The summed E-state index contributed by atoms with van der Waals surface area (Å²) in [5.41, 5.74) is 2.26. The quantitative estimate of drug-likeness (QED) is 0.429. The number of hydrogen-bond acceptors (Lipinski definition) is 5. The summed E-state index contributed by atoms with van der Waals surface area (Å²) in [6, 6.07) is 20.3. The number of hydrogen-bond donors (Lipinski definition) is 1. The number of nitrogens with one attached hydrogen (secondary N) is 1. The van der Waals surface area contributed by atoms with Gasteiger partial charge in [0, 0.05) is 18.1 Å². The SMILES string of the molecule is CCCSc1nnc(NC(=O)CC(c2ccccc2)c2ccccc2)s1. The molecule has 1 N–H and O–H groups in total. The van der Waals surface area contributed by atoms with Gasteiger partial charge in [-0.3, -0.25) is 4.79 Å². The van der Waals surface area contributed by atoms with Crippen LogP contribution in [0.1, 0.15) is 36.8 Å². The summed E-state index contributed by atoms with van der Waals surface area (Å²) in [5.74, 6) is 0.970. The monoisotopic (exact) mass is 383 g/mol. The zero-order valence-corrected chi connectivity index (χ0v) is 16.2. The van der Waals surface area contributed by atoms with Crippen molar-refractivity contribution in [3.05, 3.63) is 71.8 Å². The lowest BCUT2D eigenvalue weighted by molar-refractivity contribution is -0.116. The molecule has 134 valence electrons. The molecule has 0 spiro atoms. The Morgan fingerprint density at radius 1 is 1.04 bits per heavy atom. The van der Waals surface area contributed by atoms with Gasteiger partial charge in [-0.05, 0) is 17.5 Å². The Balaban J connectivity index is 1.70. The third-order valence-electron chi connectivity index (χ3n) is 3.88. The summed E-state index contributed by atoms with van der Waals surface area (Å²) in [7, 11) is 0. The number of carbonyl (C=O) groups excluding carboxylic acids is 1. The minimum absolute atomic E-state index is 0.0132. The van der Waals surface area contributed by atoms with Crippen LogP contribution in [0.4, 0.5) is 5.13 Å². The lowest BCUT2D eigenvalue weighted by atomic mass is 9.88. The van der Waals surface area contributed by atoms with E-state index in [4.69, 9.17) is 0 Å². The summed E-state index contributed by atoms with van der Waals surface area (Å²) in [6.45, 7) is 2.13. The number of thioether (sulfide) groups is 1. The molecule has 0 radical (unpaired) electrons. The summed E-state index contributed by atoms with van der Waals surface area (Å²) in [6.07, 6.45) is 1.45. The minimum Gasteiger partial charge on any atom is -0.300 e. The molecule has 1 amide bonds. The molecular weight excluding hydrogens is 362 g/mol. The smallest absolute Gasteiger partial charge is 0.227 e. The van der Waals surface area contributed by atoms with Crippen molar-refractivity contribution in [3.63, 3.8) is 0 Å². The highest BCUT2D eigenvalue weighted by Crippen LogP contribution is 2.29. The van der Waals surface area contributed by atoms with Crippen LogP contribution < -0.4 is 5.32 Å². The highest BCUT2D eigenvalue weighted by atomic mass is 32.2. The molecule has 6 heteroatoms. The van der Waals surface area contributed by atoms with Gasteiger partial charge in [-0.2, -0.15) is 0 Å². The van der Waals surface area contributed by atoms with Crippen LogP contribution in [0.5, 0.6) is 0 Å². The van der Waals surface area contributed by atoms with Gasteiger partial charge in [0.2, 0.25) is 11.0 Å². The van der Waals surface area contributed by atoms with E-state index in [0.717, 1.165) is 27.6 Å². The maximum Gasteiger partial charge on any atom is 0.227 e. The van der Waals surface area contributed by atoms with Crippen molar-refractivity contribution in [2.45, 2.75) is 30.0 Å². The van der Waals surface area contributed by atoms with E-state index in [0.29, 0.717) is 11.6 Å². The van der Waals surface area contributed by atoms with Crippen LogP contribution in [0.15, 0.2) is 65.0 Å². The first-order valence-electron chi connectivity index (χ1n) is 8.62. The largest absolute Gasteiger partial charge is 0.300 e. The van der Waals surface area contributed by atoms with Crippen LogP contribution in [-0.4, -0.2) is 21.9 Å². The van der Waals surface area contributed by atoms with Gasteiger partial charge in [0.1, 0.15) is 0 Å². The number of carbonyl (C=O) groups is 1. The molecule has 2 aromatic carbocycles. The molecular formula is C20H21N3OS2. The maximum absolute atomic E-state index is 12.6. The third-order valence-corrected chi connectivity index (χ3v) is 6.05. The molecule has 0 saturated carbocycles. The highest BCUT2D eigenvalue weighted by molar-refractivity contribution is 8.01. The van der Waals surface area contributed by atoms with Gasteiger partial charge in [-0.25, -0.2) is 0 Å². The number of amides is 1. The zero-order valence-electron chi connectivity index (χ0n) is 14.6. The first-order chi connectivity index (χ1) is 12.8. The second-order valence-corrected chi connectivity index (χ2v) is 8.17. The Kier molecular flexibility index (Phi) is 6.80. The molecule has 0 saturated heterocycles. The van der Waals surface area contributed by atoms with Gasteiger partial charge in [-0.15, -0.1) is 10.2 Å². The van der Waals surface area contributed by atoms with Gasteiger partial charge in [-0.1, -0.05) is 90.7 Å². The molecule has 0 fully saturated rings. The molecule has 0 aliphatic carbocycles. The van der Waals surface area contributed by atoms with Gasteiger partial charge >= 0.3 is 0 Å². The van der Waals surface area contributed by atoms with Crippen molar-refractivity contribution in [2.75, 3.05) is 11.1 Å². The third kappa shape index (κ3) is 5.16. The molecule has 1 aromatic heterocycles. The van der Waals surface area contributed by atoms with Crippen molar-refractivity contribution >= 4 is 34.1 Å². The summed E-state index contributed by atoms with van der Waals surface area (Å²) in [5, 5.41) is 11.7. The Hall–Kier alpha value is -2.18. The second-order valence-electron chi connectivity index (χ2n) is 5.85. The number of rotatable bonds is 8. The van der Waals surface area contributed by atoms with Crippen molar-refractivity contribution in [1.82, 2.24) is 10.2 Å². The maximum atomic E-state index is 12.6. The van der Waals surface area contributed by atoms with Crippen LogP contribution in [0.2, 0.25) is 0 Å². The molecule has 0 aliphatic heterocycles. The normalized spacial score (nSPS) is 10.8. The van der Waals surface area contributed by atoms with E-state index in [9.17, 15) is 4.79 Å². The predicted molar refractivity (Wildman–Crippen MR) is 109 cm³/mol. The van der Waals surface area contributed by atoms with Crippen LogP contribution >= 0.6 is 23.1 Å². The van der Waals surface area contributed by atoms with Crippen molar-refractivity contribution in [1.29, 1.82) is 0 Å². The molecule has 3 rings (SSSR count). The molecule has 0 aliphatic rings. The van der Waals surface area contributed by atoms with Crippen LogP contribution in [0.25, 0.3) is 0 Å². The van der Waals surface area contributed by atoms with Crippen molar-refractivity contribution < 1.29 is 4.79 Å². The Morgan fingerprint density at radius 3 is 2.23 bits per heavy atom. The van der Waals surface area contributed by atoms with Gasteiger partial charge in [0.05, 0.1) is 0 Å². The lowest BCUT2D eigenvalue weighted by Gasteiger charge is -2.17. The van der Waals surface area contributed by atoms with Crippen molar-refractivity contribution in [2.24, 2.45) is 0 Å². The number of benzene rings is 2. The molecule has 26 heavy (non-hydrogen) atoms. The summed E-state index contributed by atoms with van der Waals surface area (Å²) in [4.78, 5) is 12.6. The molecule has 0 bridgehead atoms. The van der Waals surface area contributed by atoms with Crippen LogP contribution in [-0.2, 0) is 4.79 Å². The Bertz CT molecular complexity index is 782. The average Bonchev–Trinajstić information content (AvgIpc) is 3.13. The van der Waals surface area contributed by atoms with Gasteiger partial charge in [0.15, 0.2) is 4.34 Å². The standard InChI is InChI=1S/C20H21N3OS2/c1-2-13-25-20-23-22-19(26-20)21-18(24)14-17(15-9-5-3-6-10-15)16-11-7-4-8-12-16/h3-12,17H,2,13-14H2,1H3,(H,21,22,24). The Labute approximate surface area is 162 Å². The van der Waals surface area contributed by atoms with Crippen LogP contribution in [0.3, 0.4) is 0 Å². The van der Waals surface area contributed by atoms with E-state index in [1.807, 2.05) is 36.4 Å². The average molecular weight is 384 g/mol. The van der Waals surface area contributed by atoms with Gasteiger partial charge < -0.3 is 5.32 Å². The molecule has 4 nitrogen and oxygen atoms in total. The van der Waals surface area contributed by atoms with E-state index >= 15 is 0 Å².